The summed E-state index contributed by atoms with van der Waals surface area (Å²) in [5, 5.41) is 7.05. The van der Waals surface area contributed by atoms with Crippen LogP contribution in [0.5, 0.6) is 11.5 Å². The summed E-state index contributed by atoms with van der Waals surface area (Å²) in [7, 11) is 3.55. The van der Waals surface area contributed by atoms with Gasteiger partial charge in [-0.05, 0) is 37.5 Å². The fourth-order valence-corrected chi connectivity index (χ4v) is 4.45. The van der Waals surface area contributed by atoms with Crippen molar-refractivity contribution in [2.75, 3.05) is 27.2 Å². The molecule has 0 saturated carbocycles. The summed E-state index contributed by atoms with van der Waals surface area (Å²) in [5.74, 6) is 2.70. The number of guanidine groups is 1. The highest BCUT2D eigenvalue weighted by Gasteiger charge is 2.23. The van der Waals surface area contributed by atoms with Crippen LogP contribution >= 0.6 is 24.0 Å². The van der Waals surface area contributed by atoms with Crippen molar-refractivity contribution in [2.24, 2.45) is 4.99 Å². The number of rotatable bonds is 6. The second-order valence-corrected chi connectivity index (χ2v) is 8.51. The molecule has 2 aromatic rings. The summed E-state index contributed by atoms with van der Waals surface area (Å²) in [4.78, 5) is 6.96. The molecule has 1 atom stereocenters. The number of methoxy groups -OCH3 is 1. The molecule has 7 heteroatoms. The Labute approximate surface area is 208 Å². The van der Waals surface area contributed by atoms with E-state index in [2.05, 4.69) is 69.9 Å². The molecule has 0 radical (unpaired) electrons. The van der Waals surface area contributed by atoms with Crippen LogP contribution in [0.4, 0.5) is 0 Å². The van der Waals surface area contributed by atoms with E-state index in [1.165, 1.54) is 11.1 Å². The highest BCUT2D eigenvalue weighted by atomic mass is 127. The maximum absolute atomic E-state index is 5.92. The Balaban J connectivity index is 0.00000289. The van der Waals surface area contributed by atoms with Crippen LogP contribution in [-0.4, -0.2) is 50.3 Å². The molecule has 1 fully saturated rings. The van der Waals surface area contributed by atoms with Crippen molar-refractivity contribution in [3.05, 3.63) is 59.2 Å². The number of piperidine rings is 1. The van der Waals surface area contributed by atoms with E-state index in [0.29, 0.717) is 12.6 Å². The van der Waals surface area contributed by atoms with E-state index in [1.54, 1.807) is 7.11 Å². The number of nitrogens with zero attached hydrogens (tertiary/aromatic N) is 2. The highest BCUT2D eigenvalue weighted by molar-refractivity contribution is 14.0. The van der Waals surface area contributed by atoms with Gasteiger partial charge in [-0.15, -0.1) is 24.0 Å². The van der Waals surface area contributed by atoms with Crippen LogP contribution in [0, 0.1) is 0 Å². The van der Waals surface area contributed by atoms with E-state index in [1.807, 2.05) is 7.05 Å². The van der Waals surface area contributed by atoms with Gasteiger partial charge >= 0.3 is 0 Å². The predicted octanol–water partition coefficient (Wildman–Crippen LogP) is 3.97. The standard InChI is InChI=1S/C25H34N4O2.HI/c1-18-13-20-14-23(30-3)21(15-24(20)31-18)16-27-25(26-2)28-22-9-11-29(12-10-22)17-19-7-5-4-6-8-19;/h4-8,14-15,18,22H,9-13,16-17H2,1-3H3,(H2,26,27,28);1H. The third-order valence-electron chi connectivity index (χ3n) is 6.15. The normalized spacial score (nSPS) is 19.0. The number of ether oxygens (including phenoxy) is 2. The van der Waals surface area contributed by atoms with Crippen LogP contribution in [0.15, 0.2) is 47.5 Å². The predicted molar refractivity (Wildman–Crippen MR) is 140 cm³/mol. The minimum Gasteiger partial charge on any atom is -0.496 e. The van der Waals surface area contributed by atoms with Gasteiger partial charge in [0, 0.05) is 56.8 Å². The number of nitrogens with one attached hydrogen (secondary N) is 2. The third kappa shape index (κ3) is 6.28. The number of hydrogen-bond acceptors (Lipinski definition) is 4. The van der Waals surface area contributed by atoms with Gasteiger partial charge in [0.05, 0.1) is 7.11 Å². The topological polar surface area (TPSA) is 58.1 Å². The van der Waals surface area contributed by atoms with Crippen LogP contribution in [0.1, 0.15) is 36.5 Å². The van der Waals surface area contributed by atoms with Crippen molar-refractivity contribution < 1.29 is 9.47 Å². The van der Waals surface area contributed by atoms with E-state index >= 15 is 0 Å². The molecule has 2 heterocycles. The molecule has 32 heavy (non-hydrogen) atoms. The average molecular weight is 550 g/mol. The minimum atomic E-state index is 0. The molecule has 2 aliphatic rings. The van der Waals surface area contributed by atoms with E-state index in [4.69, 9.17) is 9.47 Å². The number of benzene rings is 2. The summed E-state index contributed by atoms with van der Waals surface area (Å²) >= 11 is 0. The van der Waals surface area contributed by atoms with Gasteiger partial charge in [-0.1, -0.05) is 30.3 Å². The Morgan fingerprint density at radius 1 is 1.19 bits per heavy atom. The summed E-state index contributed by atoms with van der Waals surface area (Å²) in [6, 6.07) is 15.3. The number of fused-ring (bicyclic) bond motifs is 1. The molecule has 0 aromatic heterocycles. The van der Waals surface area contributed by atoms with E-state index in [9.17, 15) is 0 Å². The lowest BCUT2D eigenvalue weighted by molar-refractivity contribution is 0.198. The van der Waals surface area contributed by atoms with E-state index in [-0.39, 0.29) is 30.1 Å². The molecule has 1 unspecified atom stereocenters. The first-order valence-electron chi connectivity index (χ1n) is 11.2. The third-order valence-corrected chi connectivity index (χ3v) is 6.15. The van der Waals surface area contributed by atoms with Crippen molar-refractivity contribution in [1.82, 2.24) is 15.5 Å². The first kappa shape index (κ1) is 24.6. The fraction of sp³-hybridized carbons (Fsp3) is 0.480. The largest absolute Gasteiger partial charge is 0.496 e. The molecule has 2 aromatic carbocycles. The number of likely N-dealkylation sites (tertiary alicyclic amines) is 1. The van der Waals surface area contributed by atoms with Crippen molar-refractivity contribution in [3.8, 4) is 11.5 Å². The molecule has 2 N–H and O–H groups in total. The first-order chi connectivity index (χ1) is 15.1. The lowest BCUT2D eigenvalue weighted by Gasteiger charge is -2.33. The van der Waals surface area contributed by atoms with Gasteiger partial charge in [0.1, 0.15) is 17.6 Å². The lowest BCUT2D eigenvalue weighted by atomic mass is 10.0. The van der Waals surface area contributed by atoms with Crippen molar-refractivity contribution in [2.45, 2.75) is 51.4 Å². The Morgan fingerprint density at radius 3 is 2.62 bits per heavy atom. The fourth-order valence-electron chi connectivity index (χ4n) is 4.45. The molecular formula is C25H35IN4O2. The maximum atomic E-state index is 5.92. The monoisotopic (exact) mass is 550 g/mol. The molecule has 174 valence electrons. The highest BCUT2D eigenvalue weighted by Crippen LogP contribution is 2.34. The Bertz CT molecular complexity index is 898. The zero-order valence-corrected chi connectivity index (χ0v) is 21.6. The minimum absolute atomic E-state index is 0. The van der Waals surface area contributed by atoms with Crippen LogP contribution < -0.4 is 20.1 Å². The lowest BCUT2D eigenvalue weighted by Crippen LogP contribution is -2.48. The number of hydrogen-bond donors (Lipinski definition) is 2. The van der Waals surface area contributed by atoms with Gasteiger partial charge in [0.2, 0.25) is 0 Å². The molecule has 0 bridgehead atoms. The van der Waals surface area contributed by atoms with Gasteiger partial charge < -0.3 is 20.1 Å². The molecule has 2 aliphatic heterocycles. The zero-order chi connectivity index (χ0) is 21.6. The van der Waals surface area contributed by atoms with E-state index in [0.717, 1.165) is 61.9 Å². The van der Waals surface area contributed by atoms with Crippen LogP contribution in [-0.2, 0) is 19.5 Å². The Morgan fingerprint density at radius 2 is 1.94 bits per heavy atom. The Kier molecular flexibility index (Phi) is 9.04. The van der Waals surface area contributed by atoms with Crippen LogP contribution in [0.25, 0.3) is 0 Å². The zero-order valence-electron chi connectivity index (χ0n) is 19.3. The Hall–Kier alpha value is -2.00. The van der Waals surface area contributed by atoms with Crippen molar-refractivity contribution in [3.63, 3.8) is 0 Å². The average Bonchev–Trinajstić information content (AvgIpc) is 3.16. The molecule has 0 amide bonds. The maximum Gasteiger partial charge on any atom is 0.191 e. The summed E-state index contributed by atoms with van der Waals surface area (Å²) in [5.41, 5.74) is 3.68. The van der Waals surface area contributed by atoms with Crippen LogP contribution in [0.3, 0.4) is 0 Å². The summed E-state index contributed by atoms with van der Waals surface area (Å²) in [6.45, 7) is 5.96. The first-order valence-corrected chi connectivity index (χ1v) is 11.2. The molecule has 4 rings (SSSR count). The van der Waals surface area contributed by atoms with Gasteiger partial charge in [-0.2, -0.15) is 0 Å². The second kappa shape index (κ2) is 11.7. The number of aliphatic imine (C=N–C) groups is 1. The molecular weight excluding hydrogens is 515 g/mol. The smallest absolute Gasteiger partial charge is 0.191 e. The van der Waals surface area contributed by atoms with Crippen molar-refractivity contribution in [1.29, 1.82) is 0 Å². The van der Waals surface area contributed by atoms with Crippen LogP contribution in [0.2, 0.25) is 0 Å². The second-order valence-electron chi connectivity index (χ2n) is 8.51. The molecule has 0 aliphatic carbocycles. The SMILES string of the molecule is CN=C(NCc1cc2c(cc1OC)CC(C)O2)NC1CCN(Cc2ccccc2)CC1.I. The summed E-state index contributed by atoms with van der Waals surface area (Å²) in [6.07, 6.45) is 3.39. The van der Waals surface area contributed by atoms with Gasteiger partial charge in [-0.3, -0.25) is 9.89 Å². The van der Waals surface area contributed by atoms with Gasteiger partial charge in [0.15, 0.2) is 5.96 Å². The molecule has 1 saturated heterocycles. The number of halogens is 1. The quantitative estimate of drug-likeness (QED) is 0.324. The molecule has 6 nitrogen and oxygen atoms in total. The van der Waals surface area contributed by atoms with Gasteiger partial charge in [-0.25, -0.2) is 0 Å². The van der Waals surface area contributed by atoms with E-state index < -0.39 is 0 Å². The van der Waals surface area contributed by atoms with Gasteiger partial charge in [0.25, 0.3) is 0 Å². The summed E-state index contributed by atoms with van der Waals surface area (Å²) < 4.78 is 11.5. The van der Waals surface area contributed by atoms with Crippen molar-refractivity contribution >= 4 is 29.9 Å². The molecule has 0 spiro atoms.